The number of ether oxygens (including phenoxy) is 2. The fraction of sp³-hybridized carbons (Fsp3) is 0.562. The van der Waals surface area contributed by atoms with Crippen LogP contribution in [0.4, 0.5) is 5.69 Å². The van der Waals surface area contributed by atoms with Crippen LogP contribution in [0, 0.1) is 0 Å². The molecule has 0 atom stereocenters. The lowest BCUT2D eigenvalue weighted by molar-refractivity contribution is -0.130. The molecule has 0 bridgehead atoms. The smallest absolute Gasteiger partial charge is 0.227 e. The highest BCUT2D eigenvalue weighted by atomic mass is 16.5. The molecule has 0 unspecified atom stereocenters. The monoisotopic (exact) mass is 292 g/mol. The number of hydrogen-bond donors (Lipinski definition) is 1. The van der Waals surface area contributed by atoms with Crippen LogP contribution in [0.25, 0.3) is 0 Å². The Morgan fingerprint density at radius 3 is 2.24 bits per heavy atom. The molecule has 21 heavy (non-hydrogen) atoms. The van der Waals surface area contributed by atoms with E-state index in [1.165, 1.54) is 12.8 Å². The average Bonchev–Trinajstić information content (AvgIpc) is 2.78. The van der Waals surface area contributed by atoms with Crippen molar-refractivity contribution in [1.82, 2.24) is 4.90 Å². The number of nitrogen functional groups attached to an aromatic ring is 1. The Morgan fingerprint density at radius 2 is 1.67 bits per heavy atom. The van der Waals surface area contributed by atoms with Crippen LogP contribution >= 0.6 is 0 Å². The number of benzene rings is 1. The van der Waals surface area contributed by atoms with Crippen LogP contribution in [0.2, 0.25) is 0 Å². The Bertz CT molecular complexity index is 495. The van der Waals surface area contributed by atoms with Crippen molar-refractivity contribution in [2.45, 2.75) is 32.1 Å². The van der Waals surface area contributed by atoms with Crippen molar-refractivity contribution in [3.63, 3.8) is 0 Å². The fourth-order valence-electron chi connectivity index (χ4n) is 2.68. The van der Waals surface area contributed by atoms with Crippen LogP contribution in [0.3, 0.4) is 0 Å². The van der Waals surface area contributed by atoms with Crippen molar-refractivity contribution in [1.29, 1.82) is 0 Å². The van der Waals surface area contributed by atoms with Gasteiger partial charge in [0.05, 0.1) is 20.6 Å². The van der Waals surface area contributed by atoms with Gasteiger partial charge in [-0.05, 0) is 24.5 Å². The maximum atomic E-state index is 12.4. The summed E-state index contributed by atoms with van der Waals surface area (Å²) < 4.78 is 10.5. The molecule has 1 aliphatic heterocycles. The number of likely N-dealkylation sites (tertiary alicyclic amines) is 1. The van der Waals surface area contributed by atoms with E-state index in [1.54, 1.807) is 26.4 Å². The number of carbonyl (C=O) groups is 1. The second-order valence-electron chi connectivity index (χ2n) is 5.38. The molecule has 0 radical (unpaired) electrons. The first kappa shape index (κ1) is 15.5. The zero-order chi connectivity index (χ0) is 15.2. The lowest BCUT2D eigenvalue weighted by atomic mass is 10.1. The Labute approximate surface area is 126 Å². The van der Waals surface area contributed by atoms with Crippen molar-refractivity contribution >= 4 is 11.6 Å². The first-order valence-electron chi connectivity index (χ1n) is 7.44. The van der Waals surface area contributed by atoms with E-state index in [1.807, 2.05) is 4.90 Å². The zero-order valence-electron chi connectivity index (χ0n) is 12.9. The van der Waals surface area contributed by atoms with Gasteiger partial charge in [-0.25, -0.2) is 0 Å². The van der Waals surface area contributed by atoms with Crippen LogP contribution in [0.15, 0.2) is 12.1 Å². The summed E-state index contributed by atoms with van der Waals surface area (Å²) in [4.78, 5) is 14.4. The summed E-state index contributed by atoms with van der Waals surface area (Å²) in [5.74, 6) is 1.32. The molecule has 1 aliphatic rings. The molecule has 5 nitrogen and oxygen atoms in total. The highest BCUT2D eigenvalue weighted by Gasteiger charge is 2.18. The summed E-state index contributed by atoms with van der Waals surface area (Å²) in [6.07, 6.45) is 4.91. The van der Waals surface area contributed by atoms with E-state index in [-0.39, 0.29) is 5.91 Å². The van der Waals surface area contributed by atoms with Gasteiger partial charge in [0.2, 0.25) is 5.91 Å². The van der Waals surface area contributed by atoms with Gasteiger partial charge in [-0.1, -0.05) is 12.8 Å². The first-order valence-corrected chi connectivity index (χ1v) is 7.44. The molecule has 0 aliphatic carbocycles. The molecule has 1 aromatic carbocycles. The van der Waals surface area contributed by atoms with Crippen LogP contribution in [0.1, 0.15) is 31.2 Å². The number of nitrogens with two attached hydrogens (primary N) is 1. The van der Waals surface area contributed by atoms with Crippen molar-refractivity contribution in [2.75, 3.05) is 33.0 Å². The lowest BCUT2D eigenvalue weighted by Gasteiger charge is -2.21. The van der Waals surface area contributed by atoms with Gasteiger partial charge in [0.1, 0.15) is 0 Å². The molecule has 2 N–H and O–H groups in total. The SMILES string of the molecule is COc1cc(N)c(CC(=O)N2CCCCCC2)cc1OC. The number of methoxy groups -OCH3 is 2. The molecule has 2 rings (SSSR count). The molecule has 116 valence electrons. The number of carbonyl (C=O) groups excluding carboxylic acids is 1. The zero-order valence-corrected chi connectivity index (χ0v) is 12.9. The van der Waals surface area contributed by atoms with Crippen molar-refractivity contribution < 1.29 is 14.3 Å². The maximum Gasteiger partial charge on any atom is 0.227 e. The molecule has 1 saturated heterocycles. The molecule has 0 saturated carbocycles. The number of nitrogens with zero attached hydrogens (tertiary/aromatic N) is 1. The van der Waals surface area contributed by atoms with E-state index in [4.69, 9.17) is 15.2 Å². The van der Waals surface area contributed by atoms with Crippen LogP contribution in [-0.4, -0.2) is 38.1 Å². The second-order valence-corrected chi connectivity index (χ2v) is 5.38. The third-order valence-corrected chi connectivity index (χ3v) is 3.95. The Hall–Kier alpha value is -1.91. The van der Waals surface area contributed by atoms with Crippen molar-refractivity contribution in [3.8, 4) is 11.5 Å². The highest BCUT2D eigenvalue weighted by Crippen LogP contribution is 2.32. The van der Waals surface area contributed by atoms with Gasteiger partial charge in [-0.2, -0.15) is 0 Å². The van der Waals surface area contributed by atoms with E-state index in [9.17, 15) is 4.79 Å². The molecular weight excluding hydrogens is 268 g/mol. The molecule has 1 fully saturated rings. The minimum absolute atomic E-state index is 0.135. The maximum absolute atomic E-state index is 12.4. The number of rotatable bonds is 4. The molecule has 0 spiro atoms. The van der Waals surface area contributed by atoms with Gasteiger partial charge < -0.3 is 20.1 Å². The average molecular weight is 292 g/mol. The standard InChI is InChI=1S/C16H24N2O3/c1-20-14-9-12(13(17)11-15(14)21-2)10-16(19)18-7-5-3-4-6-8-18/h9,11H,3-8,10,17H2,1-2H3. The van der Waals surface area contributed by atoms with Gasteiger partial charge >= 0.3 is 0 Å². The van der Waals surface area contributed by atoms with Gasteiger partial charge in [-0.15, -0.1) is 0 Å². The highest BCUT2D eigenvalue weighted by molar-refractivity contribution is 5.81. The number of hydrogen-bond acceptors (Lipinski definition) is 4. The van der Waals surface area contributed by atoms with E-state index in [0.29, 0.717) is 23.6 Å². The first-order chi connectivity index (χ1) is 10.2. The molecular formula is C16H24N2O3. The Morgan fingerprint density at radius 1 is 1.10 bits per heavy atom. The molecule has 0 aromatic heterocycles. The second kappa shape index (κ2) is 7.20. The largest absolute Gasteiger partial charge is 0.493 e. The number of anilines is 1. The minimum atomic E-state index is 0.135. The molecule has 5 heteroatoms. The summed E-state index contributed by atoms with van der Waals surface area (Å²) in [5, 5.41) is 0. The fourth-order valence-corrected chi connectivity index (χ4v) is 2.68. The van der Waals surface area contributed by atoms with Gasteiger partial charge in [0.15, 0.2) is 11.5 Å². The quantitative estimate of drug-likeness (QED) is 0.864. The molecule has 1 aromatic rings. The summed E-state index contributed by atoms with van der Waals surface area (Å²) in [6.45, 7) is 1.71. The third-order valence-electron chi connectivity index (χ3n) is 3.95. The van der Waals surface area contributed by atoms with Crippen LogP contribution in [-0.2, 0) is 11.2 Å². The van der Waals surface area contributed by atoms with Crippen LogP contribution < -0.4 is 15.2 Å². The molecule has 1 heterocycles. The predicted octanol–water partition coefficient (Wildman–Crippen LogP) is 2.23. The lowest BCUT2D eigenvalue weighted by Crippen LogP contribution is -2.33. The normalized spacial score (nSPS) is 15.4. The summed E-state index contributed by atoms with van der Waals surface area (Å²) >= 11 is 0. The van der Waals surface area contributed by atoms with Crippen molar-refractivity contribution in [3.05, 3.63) is 17.7 Å². The van der Waals surface area contributed by atoms with E-state index in [2.05, 4.69) is 0 Å². The van der Waals surface area contributed by atoms with Gasteiger partial charge in [-0.3, -0.25) is 4.79 Å². The van der Waals surface area contributed by atoms with E-state index in [0.717, 1.165) is 31.5 Å². The molecule has 1 amide bonds. The topological polar surface area (TPSA) is 64.8 Å². The summed E-state index contributed by atoms with van der Waals surface area (Å²) in [5.41, 5.74) is 7.38. The number of amides is 1. The third kappa shape index (κ3) is 3.80. The van der Waals surface area contributed by atoms with E-state index >= 15 is 0 Å². The summed E-state index contributed by atoms with van der Waals surface area (Å²) in [7, 11) is 3.15. The van der Waals surface area contributed by atoms with Crippen LogP contribution in [0.5, 0.6) is 11.5 Å². The van der Waals surface area contributed by atoms with Gasteiger partial charge in [0, 0.05) is 24.8 Å². The minimum Gasteiger partial charge on any atom is -0.493 e. The Balaban J connectivity index is 2.12. The van der Waals surface area contributed by atoms with Crippen molar-refractivity contribution in [2.24, 2.45) is 0 Å². The van der Waals surface area contributed by atoms with Gasteiger partial charge in [0.25, 0.3) is 0 Å². The van der Waals surface area contributed by atoms with E-state index < -0.39 is 0 Å². The predicted molar refractivity (Wildman–Crippen MR) is 82.7 cm³/mol. The summed E-state index contributed by atoms with van der Waals surface area (Å²) in [6, 6.07) is 3.51. The Kier molecular flexibility index (Phi) is 5.31.